The molecule has 2 fully saturated rings. The number of alkyl halides is 3. The Labute approximate surface area is 214 Å². The first kappa shape index (κ1) is 25.7. The third-order valence-electron chi connectivity index (χ3n) is 7.30. The molecule has 1 aromatic heterocycles. The number of carbonyl (C=O) groups is 2. The topological polar surface area (TPSA) is 88.8 Å². The quantitative estimate of drug-likeness (QED) is 0.255. The van der Waals surface area contributed by atoms with Crippen LogP contribution in [0.2, 0.25) is 0 Å². The smallest absolute Gasteiger partial charge is 0.440 e. The van der Waals surface area contributed by atoms with Crippen molar-refractivity contribution in [2.75, 3.05) is 23.3 Å². The predicted octanol–water partition coefficient (Wildman–Crippen LogP) is 5.73. The molecule has 200 valence electrons. The number of nitrogens with one attached hydrogen (secondary N) is 1. The molecule has 1 atom stereocenters. The standard InChI is InChI=1S/C27H24F4N2O5/c1-15(32-20-5-3-2-4-17(20)24(35)38-25(36)27(29,30)31)18-12-16(28)13-19-21(34)14-22(37-23(18)19)33-10-8-26(6-7-26)9-11-33/h2-5,12-15,32H,6-11H2,1H3. The van der Waals surface area contributed by atoms with E-state index in [1.165, 1.54) is 49.2 Å². The van der Waals surface area contributed by atoms with Crippen LogP contribution in [0.15, 0.2) is 51.7 Å². The maximum atomic E-state index is 14.5. The van der Waals surface area contributed by atoms with Gasteiger partial charge >= 0.3 is 18.1 Å². The summed E-state index contributed by atoms with van der Waals surface area (Å²) in [6.07, 6.45) is -0.892. The predicted molar refractivity (Wildman–Crippen MR) is 131 cm³/mol. The zero-order valence-electron chi connectivity index (χ0n) is 20.4. The molecule has 0 amide bonds. The number of hydrogen-bond acceptors (Lipinski definition) is 7. The minimum absolute atomic E-state index is 0.0385. The number of esters is 2. The molecule has 0 radical (unpaired) electrons. The number of para-hydroxylation sites is 1. The summed E-state index contributed by atoms with van der Waals surface area (Å²) in [5, 5.41) is 2.98. The van der Waals surface area contributed by atoms with Gasteiger partial charge in [-0.15, -0.1) is 0 Å². The molecule has 1 aliphatic heterocycles. The number of rotatable bonds is 5. The summed E-state index contributed by atoms with van der Waals surface area (Å²) in [5.74, 6) is -4.44. The normalized spacial score (nSPS) is 17.3. The van der Waals surface area contributed by atoms with E-state index in [2.05, 4.69) is 10.1 Å². The first-order valence-corrected chi connectivity index (χ1v) is 12.2. The molecule has 3 aromatic rings. The molecular formula is C27H24F4N2O5. The highest BCUT2D eigenvalue weighted by molar-refractivity contribution is 6.02. The van der Waals surface area contributed by atoms with Crippen LogP contribution >= 0.6 is 0 Å². The highest BCUT2D eigenvalue weighted by atomic mass is 19.4. The largest absolute Gasteiger partial charge is 0.491 e. The minimum atomic E-state index is -5.34. The Morgan fingerprint density at radius 3 is 2.42 bits per heavy atom. The second-order valence-electron chi connectivity index (χ2n) is 9.89. The summed E-state index contributed by atoms with van der Waals surface area (Å²) < 4.78 is 62.4. The van der Waals surface area contributed by atoms with Crippen molar-refractivity contribution in [3.05, 3.63) is 69.6 Å². The zero-order chi connectivity index (χ0) is 27.2. The lowest BCUT2D eigenvalue weighted by Crippen LogP contribution is -2.34. The molecule has 11 heteroatoms. The van der Waals surface area contributed by atoms with Crippen molar-refractivity contribution in [1.82, 2.24) is 0 Å². The summed E-state index contributed by atoms with van der Waals surface area (Å²) in [6, 6.07) is 8.36. The first-order chi connectivity index (χ1) is 18.0. The Kier molecular flexibility index (Phi) is 6.40. The summed E-state index contributed by atoms with van der Waals surface area (Å²) >= 11 is 0. The number of hydrogen-bond donors (Lipinski definition) is 1. The van der Waals surface area contributed by atoms with E-state index >= 15 is 0 Å². The van der Waals surface area contributed by atoms with E-state index in [0.29, 0.717) is 11.3 Å². The third-order valence-corrected chi connectivity index (χ3v) is 7.30. The van der Waals surface area contributed by atoms with Crippen LogP contribution in [0.4, 0.5) is 29.1 Å². The second kappa shape index (κ2) is 9.45. The van der Waals surface area contributed by atoms with Crippen LogP contribution < -0.4 is 15.6 Å². The SMILES string of the molecule is CC(Nc1ccccc1C(=O)OC(=O)C(F)(F)F)c1cc(F)cc2c(=O)cc(N3CCC4(CC3)CC4)oc12. The highest BCUT2D eigenvalue weighted by Crippen LogP contribution is 2.54. The third kappa shape index (κ3) is 5.09. The van der Waals surface area contributed by atoms with Crippen molar-refractivity contribution in [1.29, 1.82) is 0 Å². The van der Waals surface area contributed by atoms with Gasteiger partial charge in [0, 0.05) is 30.4 Å². The summed E-state index contributed by atoms with van der Waals surface area (Å²) in [4.78, 5) is 38.4. The average molecular weight is 532 g/mol. The van der Waals surface area contributed by atoms with Crippen molar-refractivity contribution in [2.24, 2.45) is 5.41 Å². The summed E-state index contributed by atoms with van der Waals surface area (Å²) in [7, 11) is 0. The van der Waals surface area contributed by atoms with Gasteiger partial charge in [0.25, 0.3) is 0 Å². The van der Waals surface area contributed by atoms with E-state index in [9.17, 15) is 31.9 Å². The molecule has 1 N–H and O–H groups in total. The van der Waals surface area contributed by atoms with Gasteiger partial charge in [-0.1, -0.05) is 12.1 Å². The molecule has 38 heavy (non-hydrogen) atoms. The van der Waals surface area contributed by atoms with Gasteiger partial charge in [-0.2, -0.15) is 13.2 Å². The van der Waals surface area contributed by atoms with Crippen LogP contribution in [0.25, 0.3) is 11.0 Å². The van der Waals surface area contributed by atoms with E-state index < -0.39 is 35.4 Å². The van der Waals surface area contributed by atoms with Gasteiger partial charge in [0.1, 0.15) is 11.4 Å². The van der Waals surface area contributed by atoms with Crippen LogP contribution in [0.1, 0.15) is 54.6 Å². The van der Waals surface area contributed by atoms with E-state index in [0.717, 1.165) is 32.0 Å². The van der Waals surface area contributed by atoms with Crippen molar-refractivity contribution in [3.63, 3.8) is 0 Å². The highest BCUT2D eigenvalue weighted by Gasteiger charge is 2.45. The van der Waals surface area contributed by atoms with E-state index in [1.807, 2.05) is 4.90 Å². The van der Waals surface area contributed by atoms with Crippen molar-refractivity contribution in [2.45, 2.75) is 44.8 Å². The Bertz CT molecular complexity index is 1470. The fourth-order valence-corrected chi connectivity index (χ4v) is 4.89. The van der Waals surface area contributed by atoms with E-state index in [4.69, 9.17) is 4.42 Å². The summed E-state index contributed by atoms with van der Waals surface area (Å²) in [6.45, 7) is 3.09. The number of anilines is 2. The molecule has 1 spiro atoms. The molecular weight excluding hydrogens is 508 g/mol. The molecule has 7 nitrogen and oxygen atoms in total. The number of piperidine rings is 1. The molecule has 1 saturated heterocycles. The van der Waals surface area contributed by atoms with Gasteiger partial charge < -0.3 is 19.4 Å². The Hall–Kier alpha value is -3.89. The average Bonchev–Trinajstić information content (AvgIpc) is 3.62. The van der Waals surface area contributed by atoms with Crippen LogP contribution in [-0.4, -0.2) is 31.2 Å². The van der Waals surface area contributed by atoms with Crippen molar-refractivity contribution < 1.29 is 36.3 Å². The molecule has 2 heterocycles. The fourth-order valence-electron chi connectivity index (χ4n) is 4.89. The first-order valence-electron chi connectivity index (χ1n) is 12.2. The van der Waals surface area contributed by atoms with Crippen LogP contribution in [0.3, 0.4) is 0 Å². The zero-order valence-corrected chi connectivity index (χ0v) is 20.4. The lowest BCUT2D eigenvalue weighted by atomic mass is 9.94. The maximum absolute atomic E-state index is 14.5. The van der Waals surface area contributed by atoms with Gasteiger partial charge in [0.2, 0.25) is 0 Å². The summed E-state index contributed by atoms with van der Waals surface area (Å²) in [5.41, 5.74) is 0.149. The second-order valence-corrected chi connectivity index (χ2v) is 9.89. The van der Waals surface area contributed by atoms with Gasteiger partial charge in [0.05, 0.1) is 17.0 Å². The molecule has 0 bridgehead atoms. The fraction of sp³-hybridized carbons (Fsp3) is 0.370. The number of benzene rings is 2. The van der Waals surface area contributed by atoms with Gasteiger partial charge in [0.15, 0.2) is 11.3 Å². The van der Waals surface area contributed by atoms with Gasteiger partial charge in [-0.3, -0.25) is 4.79 Å². The maximum Gasteiger partial charge on any atom is 0.491 e. The Balaban J connectivity index is 1.45. The van der Waals surface area contributed by atoms with E-state index in [-0.39, 0.29) is 27.8 Å². The van der Waals surface area contributed by atoms with E-state index in [1.54, 1.807) is 6.92 Å². The Morgan fingerprint density at radius 2 is 1.76 bits per heavy atom. The molecule has 1 aliphatic carbocycles. The Morgan fingerprint density at radius 1 is 1.08 bits per heavy atom. The van der Waals surface area contributed by atoms with Gasteiger partial charge in [-0.05, 0) is 62.3 Å². The lowest BCUT2D eigenvalue weighted by Gasteiger charge is -2.32. The number of fused-ring (bicyclic) bond motifs is 1. The molecule has 1 unspecified atom stereocenters. The van der Waals surface area contributed by atoms with Crippen molar-refractivity contribution >= 4 is 34.5 Å². The molecule has 5 rings (SSSR count). The number of nitrogens with zero attached hydrogens (tertiary/aromatic N) is 1. The lowest BCUT2D eigenvalue weighted by molar-refractivity contribution is -0.193. The van der Waals surface area contributed by atoms with Crippen LogP contribution in [-0.2, 0) is 9.53 Å². The number of carbonyl (C=O) groups excluding carboxylic acids is 2. The number of halogens is 4. The molecule has 2 aromatic carbocycles. The van der Waals surface area contributed by atoms with Crippen LogP contribution in [0, 0.1) is 11.2 Å². The molecule has 1 saturated carbocycles. The monoisotopic (exact) mass is 532 g/mol. The van der Waals surface area contributed by atoms with Gasteiger partial charge in [-0.25, -0.2) is 14.0 Å². The molecule has 2 aliphatic rings. The number of ether oxygens (including phenoxy) is 1. The minimum Gasteiger partial charge on any atom is -0.440 e. The van der Waals surface area contributed by atoms with Crippen molar-refractivity contribution in [3.8, 4) is 0 Å². The van der Waals surface area contributed by atoms with Crippen LogP contribution in [0.5, 0.6) is 0 Å².